The van der Waals surface area contributed by atoms with Crippen LogP contribution in [0.2, 0.25) is 0 Å². The van der Waals surface area contributed by atoms with Crippen LogP contribution in [-0.2, 0) is 31.9 Å². The number of urea groups is 1. The lowest BCUT2D eigenvalue weighted by Crippen LogP contribution is -2.19. The second-order valence-electron chi connectivity index (χ2n) is 5.48. The molecule has 0 fully saturated rings. The van der Waals surface area contributed by atoms with Crippen molar-refractivity contribution in [2.75, 3.05) is 24.9 Å². The summed E-state index contributed by atoms with van der Waals surface area (Å²) in [6.45, 7) is 0. The molecule has 2 rings (SSSR count). The van der Waals surface area contributed by atoms with Crippen LogP contribution in [0.1, 0.15) is 11.1 Å². The Bertz CT molecular complexity index is 704. The number of anilines is 2. The van der Waals surface area contributed by atoms with Gasteiger partial charge in [-0.05, 0) is 35.4 Å². The maximum atomic E-state index is 12.0. The maximum absolute atomic E-state index is 12.0. The molecule has 0 aliphatic carbocycles. The third kappa shape index (κ3) is 5.94. The first kappa shape index (κ1) is 19.0. The van der Waals surface area contributed by atoms with Gasteiger partial charge in [0.2, 0.25) is 0 Å². The zero-order valence-corrected chi connectivity index (χ0v) is 14.6. The van der Waals surface area contributed by atoms with Gasteiger partial charge in [-0.2, -0.15) is 0 Å². The van der Waals surface area contributed by atoms with E-state index < -0.39 is 6.03 Å². The first-order chi connectivity index (χ1) is 12.5. The van der Waals surface area contributed by atoms with Gasteiger partial charge in [-0.25, -0.2) is 4.79 Å². The normalized spacial score (nSPS) is 9.92. The monoisotopic (exact) mass is 356 g/mol. The highest BCUT2D eigenvalue weighted by Gasteiger charge is 2.06. The number of benzene rings is 2. The Labute approximate surface area is 151 Å². The fraction of sp³-hybridized carbons (Fsp3) is 0.211. The van der Waals surface area contributed by atoms with Crippen molar-refractivity contribution in [3.05, 3.63) is 59.7 Å². The molecular weight excluding hydrogens is 336 g/mol. The summed E-state index contributed by atoms with van der Waals surface area (Å²) < 4.78 is 9.21. The summed E-state index contributed by atoms with van der Waals surface area (Å²) in [6.07, 6.45) is 0.363. The van der Waals surface area contributed by atoms with Crippen LogP contribution in [0, 0.1) is 0 Å². The van der Waals surface area contributed by atoms with E-state index in [1.165, 1.54) is 14.2 Å². The number of nitrogens with one attached hydrogen (secondary N) is 2. The van der Waals surface area contributed by atoms with Crippen molar-refractivity contribution >= 4 is 29.3 Å². The number of ether oxygens (including phenoxy) is 2. The van der Waals surface area contributed by atoms with Crippen LogP contribution >= 0.6 is 0 Å². The number of methoxy groups -OCH3 is 2. The lowest BCUT2D eigenvalue weighted by Gasteiger charge is -2.09. The Morgan fingerprint density at radius 1 is 0.692 bits per heavy atom. The van der Waals surface area contributed by atoms with Gasteiger partial charge in [-0.3, -0.25) is 9.59 Å². The van der Waals surface area contributed by atoms with Gasteiger partial charge >= 0.3 is 18.0 Å². The van der Waals surface area contributed by atoms with Gasteiger partial charge in [-0.15, -0.1) is 0 Å². The van der Waals surface area contributed by atoms with E-state index in [0.29, 0.717) is 11.4 Å². The molecule has 2 amide bonds. The summed E-state index contributed by atoms with van der Waals surface area (Å²) in [5.74, 6) is -0.641. The highest BCUT2D eigenvalue weighted by Crippen LogP contribution is 2.13. The Hall–Kier alpha value is -3.35. The van der Waals surface area contributed by atoms with Gasteiger partial charge in [0.15, 0.2) is 0 Å². The van der Waals surface area contributed by atoms with Crippen molar-refractivity contribution in [2.24, 2.45) is 0 Å². The Kier molecular flexibility index (Phi) is 6.73. The molecule has 0 aliphatic rings. The summed E-state index contributed by atoms with van der Waals surface area (Å²) in [6, 6.07) is 13.4. The first-order valence-electron chi connectivity index (χ1n) is 7.89. The Morgan fingerprint density at radius 2 is 1.04 bits per heavy atom. The van der Waals surface area contributed by atoms with E-state index in [4.69, 9.17) is 0 Å². The van der Waals surface area contributed by atoms with E-state index in [2.05, 4.69) is 20.1 Å². The van der Waals surface area contributed by atoms with E-state index >= 15 is 0 Å². The topological polar surface area (TPSA) is 93.7 Å². The van der Waals surface area contributed by atoms with Crippen LogP contribution in [-0.4, -0.2) is 32.2 Å². The molecule has 0 heterocycles. The first-order valence-corrected chi connectivity index (χ1v) is 7.89. The predicted molar refractivity (Wildman–Crippen MR) is 97.0 cm³/mol. The Balaban J connectivity index is 1.88. The highest BCUT2D eigenvalue weighted by atomic mass is 16.5. The smallest absolute Gasteiger partial charge is 0.323 e. The summed E-state index contributed by atoms with van der Waals surface area (Å²) in [4.78, 5) is 34.5. The van der Waals surface area contributed by atoms with Gasteiger partial charge in [0.25, 0.3) is 0 Å². The molecule has 0 saturated heterocycles. The average Bonchev–Trinajstić information content (AvgIpc) is 2.64. The molecule has 7 nitrogen and oxygen atoms in total. The number of carbonyl (C=O) groups is 3. The molecule has 26 heavy (non-hydrogen) atoms. The molecular formula is C19H20N2O5. The van der Waals surface area contributed by atoms with Crippen LogP contribution in [0.15, 0.2) is 48.5 Å². The van der Waals surface area contributed by atoms with E-state index in [9.17, 15) is 14.4 Å². The van der Waals surface area contributed by atoms with Gasteiger partial charge in [-0.1, -0.05) is 24.3 Å². The van der Waals surface area contributed by atoms with Gasteiger partial charge in [0, 0.05) is 11.4 Å². The standard InChI is InChI=1S/C19H20N2O5/c1-25-17(22)11-13-3-7-15(8-4-13)20-19(24)21-16-9-5-14(6-10-16)12-18(23)26-2/h3-10H,11-12H2,1-2H3,(H2,20,21,24). The fourth-order valence-electron chi connectivity index (χ4n) is 2.18. The molecule has 2 aromatic carbocycles. The van der Waals surface area contributed by atoms with E-state index in [0.717, 1.165) is 11.1 Å². The highest BCUT2D eigenvalue weighted by molar-refractivity contribution is 5.99. The number of hydrogen-bond acceptors (Lipinski definition) is 5. The van der Waals surface area contributed by atoms with Crippen molar-refractivity contribution in [1.82, 2.24) is 0 Å². The molecule has 0 saturated carbocycles. The number of hydrogen-bond donors (Lipinski definition) is 2. The van der Waals surface area contributed by atoms with Gasteiger partial charge in [0.05, 0.1) is 27.1 Å². The lowest BCUT2D eigenvalue weighted by atomic mass is 10.1. The number of amides is 2. The van der Waals surface area contributed by atoms with Crippen molar-refractivity contribution in [2.45, 2.75) is 12.8 Å². The molecule has 0 spiro atoms. The van der Waals surface area contributed by atoms with Crippen LogP contribution < -0.4 is 10.6 Å². The lowest BCUT2D eigenvalue weighted by molar-refractivity contribution is -0.140. The quantitative estimate of drug-likeness (QED) is 0.776. The zero-order chi connectivity index (χ0) is 18.9. The Morgan fingerprint density at radius 3 is 1.35 bits per heavy atom. The van der Waals surface area contributed by atoms with E-state index in [1.807, 2.05) is 0 Å². The average molecular weight is 356 g/mol. The number of rotatable bonds is 6. The SMILES string of the molecule is COC(=O)Cc1ccc(NC(=O)Nc2ccc(CC(=O)OC)cc2)cc1. The minimum atomic E-state index is -0.397. The maximum Gasteiger partial charge on any atom is 0.323 e. The summed E-state index contributed by atoms with van der Waals surface area (Å²) in [5, 5.41) is 5.40. The van der Waals surface area contributed by atoms with Crippen LogP contribution in [0.25, 0.3) is 0 Å². The molecule has 0 unspecified atom stereocenters. The minimum Gasteiger partial charge on any atom is -0.469 e. The van der Waals surface area contributed by atoms with Crippen LogP contribution in [0.4, 0.5) is 16.2 Å². The van der Waals surface area contributed by atoms with Crippen molar-refractivity contribution < 1.29 is 23.9 Å². The molecule has 0 radical (unpaired) electrons. The van der Waals surface area contributed by atoms with Crippen LogP contribution in [0.3, 0.4) is 0 Å². The van der Waals surface area contributed by atoms with Gasteiger partial charge < -0.3 is 20.1 Å². The molecule has 136 valence electrons. The minimum absolute atomic E-state index is 0.181. The van der Waals surface area contributed by atoms with E-state index in [-0.39, 0.29) is 24.8 Å². The fourth-order valence-corrected chi connectivity index (χ4v) is 2.18. The van der Waals surface area contributed by atoms with E-state index in [1.54, 1.807) is 48.5 Å². The van der Waals surface area contributed by atoms with Crippen molar-refractivity contribution in [3.63, 3.8) is 0 Å². The molecule has 2 N–H and O–H groups in total. The van der Waals surface area contributed by atoms with Crippen molar-refractivity contribution in [1.29, 1.82) is 0 Å². The second-order valence-corrected chi connectivity index (χ2v) is 5.48. The summed E-state index contributed by atoms with van der Waals surface area (Å²) >= 11 is 0. The second kappa shape index (κ2) is 9.22. The third-order valence-electron chi connectivity index (χ3n) is 3.58. The molecule has 7 heteroatoms. The molecule has 2 aromatic rings. The van der Waals surface area contributed by atoms with Gasteiger partial charge in [0.1, 0.15) is 0 Å². The van der Waals surface area contributed by atoms with Crippen molar-refractivity contribution in [3.8, 4) is 0 Å². The molecule has 0 aliphatic heterocycles. The molecule has 0 aromatic heterocycles. The third-order valence-corrected chi connectivity index (χ3v) is 3.58. The molecule has 0 atom stereocenters. The van der Waals surface area contributed by atoms with Crippen LogP contribution in [0.5, 0.6) is 0 Å². The summed E-state index contributed by atoms with van der Waals surface area (Å²) in [7, 11) is 2.68. The zero-order valence-electron chi connectivity index (χ0n) is 14.6. The predicted octanol–water partition coefficient (Wildman–Crippen LogP) is 2.76. The molecule has 0 bridgehead atoms. The largest absolute Gasteiger partial charge is 0.469 e. The number of carbonyl (C=O) groups excluding carboxylic acids is 3. The number of esters is 2. The summed E-state index contributed by atoms with van der Waals surface area (Å²) in [5.41, 5.74) is 2.78.